The van der Waals surface area contributed by atoms with Gasteiger partial charge in [-0.2, -0.15) is 52.7 Å². The van der Waals surface area contributed by atoms with E-state index in [0.29, 0.717) is 73.5 Å². The maximum absolute atomic E-state index is 13.2. The number of rotatable bonds is 60. The lowest BCUT2D eigenvalue weighted by molar-refractivity contribution is -0.135. The van der Waals surface area contributed by atoms with Crippen LogP contribution in [-0.4, -0.2) is 129 Å². The third-order valence-corrected chi connectivity index (χ3v) is 25.9. The second-order valence-electron chi connectivity index (χ2n) is 43.5. The molecule has 0 aromatic heterocycles. The first-order chi connectivity index (χ1) is 70.3. The van der Waals surface area contributed by atoms with E-state index in [1.54, 1.807) is 0 Å². The van der Waals surface area contributed by atoms with Crippen LogP contribution in [0.3, 0.4) is 0 Å². The van der Waals surface area contributed by atoms with Gasteiger partial charge in [0.1, 0.15) is 0 Å². The Kier molecular flexibility index (Phi) is 48.0. The summed E-state index contributed by atoms with van der Waals surface area (Å²) in [6.45, 7) is 56.7. The van der Waals surface area contributed by atoms with Gasteiger partial charge in [0.25, 0.3) is 0 Å². The highest BCUT2D eigenvalue weighted by Gasteiger charge is 2.32. The molecule has 0 aliphatic rings. The number of alkyl halides is 12. The summed E-state index contributed by atoms with van der Waals surface area (Å²) in [4.78, 5) is 27.0. The standard InChI is InChI=1S/C62H80F12N6.C62H92N6/c1-5-9-41-75(45-13-37-59(63,64)65)49-17-25-53(26-18-49)79(54-27-19-50(20-28-54)76(42-10-6-2)46-14-38-60(66,67)68)57-33-35-58(36-34-57)80(55-29-21-51(22-30-55)77(43-11-7-3)47-15-39-61(69,70)71)56-31-23-52(24-32-56)78(44-12-8-4)48-16-40-62(72,73)74;1-45(2)37-63(38-46(3)4)53-17-25-57(26-18-53)67(58-27-19-54(20-28-58)64(39-47(5)6)40-48(7)8)61-33-35-62(36-34-61)68(59-29-21-55(22-30-59)65(41-49(9)10)42-50(11)12)60-31-23-56(24-32-60)66(43-51(13)14)44-52(15)16/h17-36H,5-16,37-48H2,1-4H3;17-36,45-52H,37-44H2,1-16H3. The minimum Gasteiger partial charge on any atom is -0.372 e. The molecule has 0 heterocycles. The third-order valence-electron chi connectivity index (χ3n) is 25.9. The lowest BCUT2D eigenvalue weighted by Gasteiger charge is -2.32. The van der Waals surface area contributed by atoms with E-state index in [0.717, 1.165) is 195 Å². The Morgan fingerprint density at radius 1 is 0.149 bits per heavy atom. The van der Waals surface area contributed by atoms with Gasteiger partial charge in [0.05, 0.1) is 0 Å². The summed E-state index contributed by atoms with van der Waals surface area (Å²) in [5.41, 5.74) is 19.5. The summed E-state index contributed by atoms with van der Waals surface area (Å²) < 4.78 is 159. The van der Waals surface area contributed by atoms with E-state index in [4.69, 9.17) is 0 Å². The Labute approximate surface area is 880 Å². The molecule has 148 heavy (non-hydrogen) atoms. The minimum atomic E-state index is -4.27. The van der Waals surface area contributed by atoms with Crippen molar-refractivity contribution in [3.05, 3.63) is 243 Å². The number of unbranched alkanes of at least 4 members (excludes halogenated alkanes) is 4. The number of hydrogen-bond acceptors (Lipinski definition) is 12. The highest BCUT2D eigenvalue weighted by atomic mass is 19.4. The monoisotopic (exact) mass is 2060 g/mol. The van der Waals surface area contributed by atoms with E-state index in [-0.39, 0.29) is 51.9 Å². The Balaban J connectivity index is 0.000000333. The second-order valence-corrected chi connectivity index (χ2v) is 43.5. The third kappa shape index (κ3) is 40.4. The summed E-state index contributed by atoms with van der Waals surface area (Å²) in [6.07, 6.45) is -14.2. The van der Waals surface area contributed by atoms with E-state index >= 15 is 0 Å². The molecule has 0 bridgehead atoms. The zero-order chi connectivity index (χ0) is 108. The van der Waals surface area contributed by atoms with Crippen LogP contribution < -0.4 is 58.8 Å². The lowest BCUT2D eigenvalue weighted by atomic mass is 10.1. The highest BCUT2D eigenvalue weighted by molar-refractivity contribution is 5.86. The molecule has 0 saturated carbocycles. The van der Waals surface area contributed by atoms with Gasteiger partial charge >= 0.3 is 24.7 Å². The molecule has 0 aliphatic heterocycles. The zero-order valence-corrected chi connectivity index (χ0v) is 92.2. The summed E-state index contributed by atoms with van der Waals surface area (Å²) in [7, 11) is 0. The van der Waals surface area contributed by atoms with Crippen LogP contribution in [-0.2, 0) is 0 Å². The molecule has 10 aromatic carbocycles. The quantitative estimate of drug-likeness (QED) is 0.0341. The van der Waals surface area contributed by atoms with Crippen molar-refractivity contribution in [3.8, 4) is 0 Å². The molecule has 10 aromatic rings. The van der Waals surface area contributed by atoms with Crippen molar-refractivity contribution in [2.45, 2.75) is 266 Å². The van der Waals surface area contributed by atoms with Crippen LogP contribution in [0.25, 0.3) is 0 Å². The van der Waals surface area contributed by atoms with Crippen molar-refractivity contribution in [2.75, 3.05) is 164 Å². The SMILES string of the molecule is CC(C)CN(CC(C)C)c1ccc(N(c2ccc(N(CC(C)C)CC(C)C)cc2)c2ccc(N(c3ccc(N(CC(C)C)CC(C)C)cc3)c3ccc(N(CC(C)C)CC(C)C)cc3)cc2)cc1.CCCCN(CCCC(F)(F)F)c1ccc(N(c2ccc(N(CCCC)CCCC(F)(F)F)cc2)c2ccc(N(c3ccc(N(CCCC)CCCC(F)(F)F)cc3)c3ccc(N(CCCC)CCCC(F)(F)F)cc3)cc2)cc1. The van der Waals surface area contributed by atoms with E-state index < -0.39 is 50.4 Å². The molecule has 0 spiro atoms. The molecule has 24 heteroatoms. The molecular formula is C124H172F12N12. The fourth-order valence-electron chi connectivity index (χ4n) is 19.2. The second kappa shape index (κ2) is 58.9. The van der Waals surface area contributed by atoms with Crippen molar-refractivity contribution in [1.82, 2.24) is 0 Å². The Morgan fingerprint density at radius 3 is 0.338 bits per heavy atom. The predicted octanol–water partition coefficient (Wildman–Crippen LogP) is 37.5. The molecule has 0 saturated heterocycles. The smallest absolute Gasteiger partial charge is 0.372 e. The van der Waals surface area contributed by atoms with E-state index in [9.17, 15) is 52.7 Å². The maximum atomic E-state index is 13.2. The van der Waals surface area contributed by atoms with E-state index in [1.807, 2.05) is 178 Å². The Hall–Kier alpha value is -11.0. The fraction of sp³-hybridized carbons (Fsp3) is 0.516. The van der Waals surface area contributed by atoms with Crippen molar-refractivity contribution >= 4 is 114 Å². The van der Waals surface area contributed by atoms with Gasteiger partial charge < -0.3 is 58.8 Å². The molecule has 0 N–H and O–H groups in total. The molecule has 0 radical (unpaired) electrons. The topological polar surface area (TPSA) is 38.9 Å². The molecule has 0 aliphatic carbocycles. The van der Waals surface area contributed by atoms with Crippen LogP contribution in [0.1, 0.15) is 241 Å². The fourth-order valence-corrected chi connectivity index (χ4v) is 19.2. The van der Waals surface area contributed by atoms with Crippen LogP contribution in [0.2, 0.25) is 0 Å². The van der Waals surface area contributed by atoms with Gasteiger partial charge in [0.15, 0.2) is 0 Å². The van der Waals surface area contributed by atoms with Crippen LogP contribution in [0.4, 0.5) is 166 Å². The number of hydrogen-bond donors (Lipinski definition) is 0. The van der Waals surface area contributed by atoms with Crippen LogP contribution >= 0.6 is 0 Å². The average Bonchev–Trinajstić information content (AvgIpc) is 0.785. The molecule has 12 nitrogen and oxygen atoms in total. The summed E-state index contributed by atoms with van der Waals surface area (Å²) in [6, 6.07) is 84.6. The Bertz CT molecular complexity index is 4660. The minimum absolute atomic E-state index is 0.0535. The van der Waals surface area contributed by atoms with E-state index in [1.165, 1.54) is 22.7 Å². The lowest BCUT2D eigenvalue weighted by Crippen LogP contribution is -2.31. The number of anilines is 20. The van der Waals surface area contributed by atoms with Crippen molar-refractivity contribution in [3.63, 3.8) is 0 Å². The van der Waals surface area contributed by atoms with E-state index in [2.05, 4.69) is 262 Å². The molecule has 812 valence electrons. The van der Waals surface area contributed by atoms with Gasteiger partial charge in [-0.15, -0.1) is 0 Å². The zero-order valence-electron chi connectivity index (χ0n) is 92.2. The predicted molar refractivity (Wildman–Crippen MR) is 609 cm³/mol. The van der Waals surface area contributed by atoms with Gasteiger partial charge in [0.2, 0.25) is 0 Å². The first kappa shape index (κ1) is 120. The molecule has 0 atom stereocenters. The van der Waals surface area contributed by atoms with Crippen LogP contribution in [0.5, 0.6) is 0 Å². The van der Waals surface area contributed by atoms with Crippen LogP contribution in [0, 0.1) is 47.3 Å². The summed E-state index contributed by atoms with van der Waals surface area (Å²) in [5.74, 6) is 4.65. The van der Waals surface area contributed by atoms with Crippen molar-refractivity contribution in [2.24, 2.45) is 47.3 Å². The average molecular weight is 2060 g/mol. The number of benzene rings is 10. The number of halogens is 12. The highest BCUT2D eigenvalue weighted by Crippen LogP contribution is 2.46. The maximum Gasteiger partial charge on any atom is 0.389 e. The molecule has 0 unspecified atom stereocenters. The van der Waals surface area contributed by atoms with Crippen LogP contribution in [0.15, 0.2) is 243 Å². The van der Waals surface area contributed by atoms with Gasteiger partial charge in [0, 0.05) is 244 Å². The van der Waals surface area contributed by atoms with Crippen molar-refractivity contribution in [1.29, 1.82) is 0 Å². The van der Waals surface area contributed by atoms with Crippen molar-refractivity contribution < 1.29 is 52.7 Å². The van der Waals surface area contributed by atoms with Gasteiger partial charge in [-0.05, 0) is 341 Å². The molecule has 0 fully saturated rings. The largest absolute Gasteiger partial charge is 0.389 e. The molecular weight excluding hydrogens is 1890 g/mol. The van der Waals surface area contributed by atoms with Gasteiger partial charge in [-0.3, -0.25) is 0 Å². The molecule has 10 rings (SSSR count). The summed E-state index contributed by atoms with van der Waals surface area (Å²) >= 11 is 0. The Morgan fingerprint density at radius 2 is 0.243 bits per heavy atom. The first-order valence-electron chi connectivity index (χ1n) is 54.8. The van der Waals surface area contributed by atoms with Gasteiger partial charge in [-0.1, -0.05) is 164 Å². The molecule has 0 amide bonds. The first-order valence-corrected chi connectivity index (χ1v) is 54.8. The van der Waals surface area contributed by atoms with Gasteiger partial charge in [-0.25, -0.2) is 0 Å². The number of nitrogens with zero attached hydrogens (tertiary/aromatic N) is 12. The summed E-state index contributed by atoms with van der Waals surface area (Å²) in [5, 5.41) is 0. The normalized spacial score (nSPS) is 12.1.